The molecule has 0 spiro atoms. The zero-order valence-corrected chi connectivity index (χ0v) is 17.1. The van der Waals surface area contributed by atoms with E-state index >= 15 is 0 Å². The van der Waals surface area contributed by atoms with Gasteiger partial charge in [-0.05, 0) is 18.2 Å². The van der Waals surface area contributed by atoms with E-state index in [0.29, 0.717) is 17.5 Å². The number of hydrogen-bond donors (Lipinski definition) is 2. The number of carbonyl (C=O) groups is 3. The van der Waals surface area contributed by atoms with Crippen molar-refractivity contribution in [1.29, 1.82) is 0 Å². The van der Waals surface area contributed by atoms with E-state index in [1.807, 2.05) is 0 Å². The van der Waals surface area contributed by atoms with E-state index in [9.17, 15) is 14.4 Å². The van der Waals surface area contributed by atoms with Crippen molar-refractivity contribution in [2.24, 2.45) is 5.73 Å². The maximum absolute atomic E-state index is 13.1. The van der Waals surface area contributed by atoms with Crippen molar-refractivity contribution in [2.75, 3.05) is 25.1 Å². The van der Waals surface area contributed by atoms with Gasteiger partial charge in [-0.25, -0.2) is 4.98 Å². The normalized spacial score (nSPS) is 16.3. The fourth-order valence-electron chi connectivity index (χ4n) is 3.46. The fourth-order valence-corrected chi connectivity index (χ4v) is 3.62. The van der Waals surface area contributed by atoms with Crippen LogP contribution in [0.1, 0.15) is 10.5 Å². The van der Waals surface area contributed by atoms with Gasteiger partial charge in [0.05, 0.1) is 18.7 Å². The Morgan fingerprint density at radius 1 is 1.19 bits per heavy atom. The number of rotatable bonds is 5. The number of aromatic nitrogens is 3. The van der Waals surface area contributed by atoms with Crippen molar-refractivity contribution < 1.29 is 19.1 Å². The Bertz CT molecular complexity index is 1160. The van der Waals surface area contributed by atoms with Crippen LogP contribution in [0.2, 0.25) is 5.15 Å². The van der Waals surface area contributed by atoms with E-state index in [0.717, 1.165) is 0 Å². The van der Waals surface area contributed by atoms with Crippen LogP contribution in [0.3, 0.4) is 0 Å². The lowest BCUT2D eigenvalue weighted by Gasteiger charge is -2.34. The number of nitrogens with one attached hydrogen (secondary N) is 1. The van der Waals surface area contributed by atoms with Crippen LogP contribution < -0.4 is 11.1 Å². The summed E-state index contributed by atoms with van der Waals surface area (Å²) in [5, 5.41) is 7.67. The number of amides is 3. The Hall–Kier alpha value is -3.50. The molecular formula is C20H19ClN6O4. The maximum atomic E-state index is 13.1. The number of anilines is 1. The lowest BCUT2D eigenvalue weighted by atomic mass is 10.2. The summed E-state index contributed by atoms with van der Waals surface area (Å²) >= 11 is 5.86. The molecule has 2 aromatic heterocycles. The molecule has 1 fully saturated rings. The van der Waals surface area contributed by atoms with Crippen molar-refractivity contribution in [3.63, 3.8) is 0 Å². The molecule has 1 aromatic carbocycles. The van der Waals surface area contributed by atoms with Crippen LogP contribution >= 0.6 is 11.6 Å². The number of halogens is 1. The van der Waals surface area contributed by atoms with Gasteiger partial charge in [0.1, 0.15) is 23.6 Å². The van der Waals surface area contributed by atoms with Gasteiger partial charge in [0.15, 0.2) is 5.69 Å². The van der Waals surface area contributed by atoms with Crippen molar-refractivity contribution >= 4 is 46.0 Å². The minimum absolute atomic E-state index is 0.0462. The predicted octanol–water partition coefficient (Wildman–Crippen LogP) is 1.05. The van der Waals surface area contributed by atoms with Crippen LogP contribution in [0.15, 0.2) is 42.5 Å². The summed E-state index contributed by atoms with van der Waals surface area (Å²) in [5.41, 5.74) is 6.11. The Morgan fingerprint density at radius 2 is 2.00 bits per heavy atom. The molecule has 0 bridgehead atoms. The highest BCUT2D eigenvalue weighted by molar-refractivity contribution is 6.29. The Morgan fingerprint density at radius 3 is 2.77 bits per heavy atom. The first-order valence-electron chi connectivity index (χ1n) is 9.50. The van der Waals surface area contributed by atoms with Gasteiger partial charge >= 0.3 is 0 Å². The Labute approximate surface area is 181 Å². The van der Waals surface area contributed by atoms with Gasteiger partial charge < -0.3 is 20.7 Å². The third kappa shape index (κ3) is 4.35. The number of ether oxygens (including phenoxy) is 1. The number of nitrogens with two attached hydrogens (primary N) is 1. The van der Waals surface area contributed by atoms with Crippen molar-refractivity contribution in [1.82, 2.24) is 19.7 Å². The lowest BCUT2D eigenvalue weighted by molar-refractivity contribution is -0.146. The summed E-state index contributed by atoms with van der Waals surface area (Å²) in [6, 6.07) is 11.0. The number of fused-ring (bicyclic) bond motifs is 1. The quantitative estimate of drug-likeness (QED) is 0.567. The molecule has 31 heavy (non-hydrogen) atoms. The second kappa shape index (κ2) is 8.70. The molecule has 1 saturated heterocycles. The molecule has 3 aromatic rings. The first-order chi connectivity index (χ1) is 14.9. The van der Waals surface area contributed by atoms with Gasteiger partial charge in [0.25, 0.3) is 11.8 Å². The summed E-state index contributed by atoms with van der Waals surface area (Å²) in [6.45, 7) is 0.427. The zero-order valence-electron chi connectivity index (χ0n) is 16.3. The molecule has 3 heterocycles. The molecule has 1 atom stereocenters. The highest BCUT2D eigenvalue weighted by Crippen LogP contribution is 2.19. The summed E-state index contributed by atoms with van der Waals surface area (Å²) in [7, 11) is 0. The van der Waals surface area contributed by atoms with Crippen molar-refractivity contribution in [3.05, 3.63) is 53.3 Å². The molecule has 3 N–H and O–H groups in total. The van der Waals surface area contributed by atoms with Gasteiger partial charge in [0.2, 0.25) is 5.91 Å². The fraction of sp³-hybridized carbons (Fsp3) is 0.250. The van der Waals surface area contributed by atoms with Gasteiger partial charge in [0, 0.05) is 11.9 Å². The number of benzene rings is 1. The topological polar surface area (TPSA) is 132 Å². The standard InChI is InChI=1S/C20H19ClN6O4/c21-15-6-3-7-16(23-15)24-20(30)14-11-31-9-8-26(14)17(28)10-27-13-5-2-1-4-12(13)18(25-27)19(22)29/h1-7,14H,8-11H2,(H2,22,29)(H,23,24,30). The van der Waals surface area contributed by atoms with E-state index in [-0.39, 0.29) is 42.3 Å². The van der Waals surface area contributed by atoms with Gasteiger partial charge in [-0.15, -0.1) is 0 Å². The second-order valence-electron chi connectivity index (χ2n) is 6.90. The summed E-state index contributed by atoms with van der Waals surface area (Å²) in [4.78, 5) is 43.1. The van der Waals surface area contributed by atoms with E-state index in [2.05, 4.69) is 15.4 Å². The molecule has 1 aliphatic rings. The van der Waals surface area contributed by atoms with Crippen LogP contribution in [0.5, 0.6) is 0 Å². The molecule has 1 aliphatic heterocycles. The first-order valence-corrected chi connectivity index (χ1v) is 9.88. The molecule has 1 unspecified atom stereocenters. The Balaban J connectivity index is 1.55. The van der Waals surface area contributed by atoms with Gasteiger partial charge in [-0.1, -0.05) is 35.9 Å². The maximum Gasteiger partial charge on any atom is 0.269 e. The second-order valence-corrected chi connectivity index (χ2v) is 7.29. The Kier molecular flexibility index (Phi) is 5.83. The smallest absolute Gasteiger partial charge is 0.269 e. The van der Waals surface area contributed by atoms with E-state index in [4.69, 9.17) is 22.1 Å². The molecule has 0 radical (unpaired) electrons. The van der Waals surface area contributed by atoms with Crippen LogP contribution in [0.4, 0.5) is 5.82 Å². The molecule has 160 valence electrons. The largest absolute Gasteiger partial charge is 0.377 e. The number of morpholine rings is 1. The number of pyridine rings is 1. The predicted molar refractivity (Wildman–Crippen MR) is 112 cm³/mol. The van der Waals surface area contributed by atoms with Crippen LogP contribution in [0.25, 0.3) is 10.9 Å². The number of para-hydroxylation sites is 1. The summed E-state index contributed by atoms with van der Waals surface area (Å²) < 4.78 is 6.83. The van der Waals surface area contributed by atoms with Crippen LogP contribution in [-0.4, -0.2) is 63.2 Å². The van der Waals surface area contributed by atoms with Crippen LogP contribution in [0, 0.1) is 0 Å². The number of nitrogens with zero attached hydrogens (tertiary/aromatic N) is 4. The molecule has 3 amide bonds. The average molecular weight is 443 g/mol. The monoisotopic (exact) mass is 442 g/mol. The molecule has 11 heteroatoms. The average Bonchev–Trinajstić information content (AvgIpc) is 3.12. The highest BCUT2D eigenvalue weighted by Gasteiger charge is 2.33. The van der Waals surface area contributed by atoms with Crippen molar-refractivity contribution in [3.8, 4) is 0 Å². The number of hydrogen-bond acceptors (Lipinski definition) is 6. The molecule has 0 saturated carbocycles. The lowest BCUT2D eigenvalue weighted by Crippen LogP contribution is -2.55. The molecular weight excluding hydrogens is 424 g/mol. The third-order valence-electron chi connectivity index (χ3n) is 4.89. The first kappa shape index (κ1) is 20.8. The van der Waals surface area contributed by atoms with Gasteiger partial charge in [-0.2, -0.15) is 5.10 Å². The highest BCUT2D eigenvalue weighted by atomic mass is 35.5. The minimum Gasteiger partial charge on any atom is -0.377 e. The van der Waals surface area contributed by atoms with E-state index in [1.165, 1.54) is 9.58 Å². The third-order valence-corrected chi connectivity index (χ3v) is 5.10. The van der Waals surface area contributed by atoms with Gasteiger partial charge in [-0.3, -0.25) is 19.1 Å². The minimum atomic E-state index is -0.848. The van der Waals surface area contributed by atoms with Crippen molar-refractivity contribution in [2.45, 2.75) is 12.6 Å². The molecule has 0 aliphatic carbocycles. The molecule has 10 nitrogen and oxygen atoms in total. The number of carbonyl (C=O) groups excluding carboxylic acids is 3. The summed E-state index contributed by atoms with van der Waals surface area (Å²) in [5.74, 6) is -1.18. The SMILES string of the molecule is NC(=O)c1nn(CC(=O)N2CCOCC2C(=O)Nc2cccc(Cl)n2)c2ccccc12. The zero-order chi connectivity index (χ0) is 22.0. The van der Waals surface area contributed by atoms with E-state index in [1.54, 1.807) is 42.5 Å². The van der Waals surface area contributed by atoms with Crippen LogP contribution in [-0.2, 0) is 20.9 Å². The summed E-state index contributed by atoms with van der Waals surface area (Å²) in [6.07, 6.45) is 0. The molecule has 4 rings (SSSR count). The van der Waals surface area contributed by atoms with E-state index < -0.39 is 17.9 Å². The number of primary amides is 1.